The van der Waals surface area contributed by atoms with Gasteiger partial charge in [-0.15, -0.1) is 0 Å². The average Bonchev–Trinajstić information content (AvgIpc) is 2.66. The summed E-state index contributed by atoms with van der Waals surface area (Å²) in [5, 5.41) is 7.81. The van der Waals surface area contributed by atoms with Gasteiger partial charge in [0.2, 0.25) is 5.91 Å². The minimum absolute atomic E-state index is 0.107. The summed E-state index contributed by atoms with van der Waals surface area (Å²) in [6, 6.07) is 10.0. The molecule has 0 fully saturated rings. The lowest BCUT2D eigenvalue weighted by Gasteiger charge is -2.25. The molecule has 0 saturated heterocycles. The van der Waals surface area contributed by atoms with E-state index in [2.05, 4.69) is 20.9 Å². The van der Waals surface area contributed by atoms with Crippen molar-refractivity contribution in [3.63, 3.8) is 0 Å². The molecule has 0 bridgehead atoms. The Kier molecular flexibility index (Phi) is 6.20. The zero-order chi connectivity index (χ0) is 21.7. The number of amides is 3. The van der Waals surface area contributed by atoms with Gasteiger partial charge in [0, 0.05) is 6.42 Å². The van der Waals surface area contributed by atoms with Crippen LogP contribution in [0.4, 0.5) is 21.0 Å². The summed E-state index contributed by atoms with van der Waals surface area (Å²) in [6.45, 7) is 5.39. The first kappa shape index (κ1) is 21.1. The summed E-state index contributed by atoms with van der Waals surface area (Å²) in [6.07, 6.45) is 0.358. The van der Waals surface area contributed by atoms with Crippen LogP contribution in [0.15, 0.2) is 42.6 Å². The summed E-state index contributed by atoms with van der Waals surface area (Å²) in [5.74, 6) is -0.393. The number of pyridine rings is 1. The molecule has 0 radical (unpaired) electrons. The van der Waals surface area contributed by atoms with Crippen molar-refractivity contribution in [2.75, 3.05) is 10.6 Å². The number of benzene rings is 1. The third-order valence-corrected chi connectivity index (χ3v) is 4.09. The van der Waals surface area contributed by atoms with Crippen LogP contribution in [0.1, 0.15) is 32.0 Å². The largest absolute Gasteiger partial charge is 0.445 e. The van der Waals surface area contributed by atoms with Crippen LogP contribution in [0, 0.1) is 0 Å². The highest BCUT2D eigenvalue weighted by Crippen LogP contribution is 2.24. The quantitative estimate of drug-likeness (QED) is 0.710. The molecule has 1 aromatic heterocycles. The molecule has 9 nitrogen and oxygen atoms in total. The molecule has 0 spiro atoms. The van der Waals surface area contributed by atoms with Crippen LogP contribution >= 0.6 is 0 Å². The number of carbonyl (C=O) groups excluding carboxylic acids is 3. The second-order valence-electron chi connectivity index (χ2n) is 7.80. The Labute approximate surface area is 174 Å². The van der Waals surface area contributed by atoms with Crippen LogP contribution in [-0.2, 0) is 27.3 Å². The number of anilines is 2. The Morgan fingerprint density at radius 3 is 2.63 bits per heavy atom. The van der Waals surface area contributed by atoms with Crippen molar-refractivity contribution in [2.45, 2.75) is 45.4 Å². The van der Waals surface area contributed by atoms with Gasteiger partial charge in [-0.2, -0.15) is 0 Å². The molecule has 1 aliphatic heterocycles. The maximum Gasteiger partial charge on any atom is 0.412 e. The van der Waals surface area contributed by atoms with Gasteiger partial charge in [-0.25, -0.2) is 9.59 Å². The molecule has 1 unspecified atom stereocenters. The fraction of sp³-hybridized carbons (Fsp3) is 0.333. The SMILES string of the molecule is CC(C)(C)OC(=O)Nc1cnc2c(c1)NC(=O)C(NC(=O)OCc1ccccc1)C2. The molecular formula is C21H24N4O5. The van der Waals surface area contributed by atoms with E-state index in [-0.39, 0.29) is 13.0 Å². The molecular weight excluding hydrogens is 388 g/mol. The number of ether oxygens (including phenoxy) is 2. The van der Waals surface area contributed by atoms with Gasteiger partial charge in [0.25, 0.3) is 0 Å². The number of hydrogen-bond acceptors (Lipinski definition) is 6. The third-order valence-electron chi connectivity index (χ3n) is 4.09. The molecule has 30 heavy (non-hydrogen) atoms. The van der Waals surface area contributed by atoms with E-state index in [1.54, 1.807) is 26.8 Å². The van der Waals surface area contributed by atoms with E-state index in [0.717, 1.165) is 5.56 Å². The van der Waals surface area contributed by atoms with Gasteiger partial charge in [0.1, 0.15) is 18.2 Å². The molecule has 3 amide bonds. The normalized spacial score (nSPS) is 15.4. The summed E-state index contributed by atoms with van der Waals surface area (Å²) < 4.78 is 10.4. The van der Waals surface area contributed by atoms with Crippen molar-refractivity contribution in [3.8, 4) is 0 Å². The number of rotatable bonds is 4. The van der Waals surface area contributed by atoms with Gasteiger partial charge >= 0.3 is 12.2 Å². The first-order valence-electron chi connectivity index (χ1n) is 9.46. The molecule has 158 valence electrons. The van der Waals surface area contributed by atoms with E-state index < -0.39 is 29.7 Å². The summed E-state index contributed by atoms with van der Waals surface area (Å²) in [7, 11) is 0. The zero-order valence-electron chi connectivity index (χ0n) is 17.0. The summed E-state index contributed by atoms with van der Waals surface area (Å²) in [5.41, 5.74) is 1.64. The number of fused-ring (bicyclic) bond motifs is 1. The fourth-order valence-corrected chi connectivity index (χ4v) is 2.78. The first-order chi connectivity index (χ1) is 14.2. The van der Waals surface area contributed by atoms with E-state index in [9.17, 15) is 14.4 Å². The molecule has 0 saturated carbocycles. The average molecular weight is 412 g/mol. The second kappa shape index (κ2) is 8.81. The van der Waals surface area contributed by atoms with Crippen LogP contribution < -0.4 is 16.0 Å². The lowest BCUT2D eigenvalue weighted by Crippen LogP contribution is -2.48. The van der Waals surface area contributed by atoms with Crippen molar-refractivity contribution in [2.24, 2.45) is 0 Å². The topological polar surface area (TPSA) is 119 Å². The Bertz CT molecular complexity index is 940. The van der Waals surface area contributed by atoms with Gasteiger partial charge in [-0.1, -0.05) is 30.3 Å². The van der Waals surface area contributed by atoms with Crippen molar-refractivity contribution in [1.29, 1.82) is 0 Å². The highest BCUT2D eigenvalue weighted by atomic mass is 16.6. The molecule has 1 atom stereocenters. The number of hydrogen-bond donors (Lipinski definition) is 3. The van der Waals surface area contributed by atoms with Gasteiger partial charge in [0.05, 0.1) is 23.3 Å². The number of aromatic nitrogens is 1. The number of nitrogens with one attached hydrogen (secondary N) is 3. The van der Waals surface area contributed by atoms with Crippen LogP contribution in [0.25, 0.3) is 0 Å². The first-order valence-corrected chi connectivity index (χ1v) is 9.46. The van der Waals surface area contributed by atoms with Crippen molar-refractivity contribution < 1.29 is 23.9 Å². The van der Waals surface area contributed by atoms with E-state index in [4.69, 9.17) is 9.47 Å². The third kappa shape index (κ3) is 5.94. The van der Waals surface area contributed by atoms with Crippen LogP contribution in [0.2, 0.25) is 0 Å². The Hall–Kier alpha value is -3.62. The highest BCUT2D eigenvalue weighted by molar-refractivity contribution is 6.00. The molecule has 3 rings (SSSR count). The van der Waals surface area contributed by atoms with E-state index in [1.165, 1.54) is 6.20 Å². The molecule has 9 heteroatoms. The molecule has 2 aromatic rings. The maximum atomic E-state index is 12.4. The predicted octanol–water partition coefficient (Wildman–Crippen LogP) is 3.22. The van der Waals surface area contributed by atoms with Crippen molar-refractivity contribution in [3.05, 3.63) is 53.9 Å². The molecule has 3 N–H and O–H groups in total. The van der Waals surface area contributed by atoms with Gasteiger partial charge < -0.3 is 20.1 Å². The van der Waals surface area contributed by atoms with E-state index >= 15 is 0 Å². The molecule has 1 aliphatic rings. The Morgan fingerprint density at radius 2 is 1.93 bits per heavy atom. The van der Waals surface area contributed by atoms with Crippen LogP contribution in [0.5, 0.6) is 0 Å². The molecule has 0 aliphatic carbocycles. The lowest BCUT2D eigenvalue weighted by molar-refractivity contribution is -0.118. The van der Waals surface area contributed by atoms with E-state index in [0.29, 0.717) is 17.1 Å². The minimum atomic E-state index is -0.807. The Morgan fingerprint density at radius 1 is 1.20 bits per heavy atom. The zero-order valence-corrected chi connectivity index (χ0v) is 17.0. The van der Waals surface area contributed by atoms with Crippen LogP contribution in [-0.4, -0.2) is 34.7 Å². The smallest absolute Gasteiger partial charge is 0.412 e. The standard InChI is InChI=1S/C21H24N4O5/c1-21(2,3)30-20(28)23-14-9-16-15(22-11-14)10-17(18(26)24-16)25-19(27)29-12-13-7-5-4-6-8-13/h4-9,11,17H,10,12H2,1-3H3,(H,23,28)(H,24,26)(H,25,27). The molecule has 1 aromatic carbocycles. The monoisotopic (exact) mass is 412 g/mol. The summed E-state index contributed by atoms with van der Waals surface area (Å²) >= 11 is 0. The minimum Gasteiger partial charge on any atom is -0.445 e. The van der Waals surface area contributed by atoms with Gasteiger partial charge in [-0.05, 0) is 32.4 Å². The fourth-order valence-electron chi connectivity index (χ4n) is 2.78. The predicted molar refractivity (Wildman–Crippen MR) is 110 cm³/mol. The Balaban J connectivity index is 1.57. The van der Waals surface area contributed by atoms with Gasteiger partial charge in [-0.3, -0.25) is 15.1 Å². The number of alkyl carbamates (subject to hydrolysis) is 1. The lowest BCUT2D eigenvalue weighted by atomic mass is 10.0. The summed E-state index contributed by atoms with van der Waals surface area (Å²) in [4.78, 5) is 40.6. The molecule has 2 heterocycles. The number of carbonyl (C=O) groups is 3. The highest BCUT2D eigenvalue weighted by Gasteiger charge is 2.29. The number of nitrogens with zero attached hydrogens (tertiary/aromatic N) is 1. The van der Waals surface area contributed by atoms with Crippen LogP contribution in [0.3, 0.4) is 0 Å². The van der Waals surface area contributed by atoms with E-state index in [1.807, 2.05) is 30.3 Å². The van der Waals surface area contributed by atoms with Crippen molar-refractivity contribution in [1.82, 2.24) is 10.3 Å². The van der Waals surface area contributed by atoms with Gasteiger partial charge in [0.15, 0.2) is 0 Å². The van der Waals surface area contributed by atoms with Crippen molar-refractivity contribution >= 4 is 29.5 Å². The second-order valence-corrected chi connectivity index (χ2v) is 7.80. The maximum absolute atomic E-state index is 12.4.